The standard InChI is InChI=1S/C27H26FN3O3/c28-22-10-6-9-19(15-22)13-14-29-26(32)25(16-21-17-30-24-12-5-4-11-23(21)24)31-27(33)34-18-20-7-2-1-3-8-20/h1-12,15,17,25,30H,13-14,16,18H2,(H,29,32)(H,31,33)/t25-/m0/s1. The molecular weight excluding hydrogens is 433 g/mol. The highest BCUT2D eigenvalue weighted by Crippen LogP contribution is 2.19. The first-order valence-electron chi connectivity index (χ1n) is 11.1. The van der Waals surface area contributed by atoms with E-state index in [1.807, 2.05) is 60.8 Å². The molecule has 1 aromatic heterocycles. The zero-order valence-electron chi connectivity index (χ0n) is 18.6. The van der Waals surface area contributed by atoms with Crippen molar-refractivity contribution in [3.8, 4) is 0 Å². The zero-order valence-corrected chi connectivity index (χ0v) is 18.6. The van der Waals surface area contributed by atoms with Gasteiger partial charge >= 0.3 is 6.09 Å². The Morgan fingerprint density at radius 3 is 2.53 bits per heavy atom. The van der Waals surface area contributed by atoms with Gasteiger partial charge in [0, 0.05) is 30.1 Å². The lowest BCUT2D eigenvalue weighted by atomic mass is 10.0. The third-order valence-corrected chi connectivity index (χ3v) is 5.52. The molecule has 4 aromatic rings. The maximum Gasteiger partial charge on any atom is 0.408 e. The lowest BCUT2D eigenvalue weighted by Gasteiger charge is -2.18. The minimum absolute atomic E-state index is 0.105. The summed E-state index contributed by atoms with van der Waals surface area (Å²) in [6.07, 6.45) is 1.93. The second-order valence-corrected chi connectivity index (χ2v) is 7.99. The molecule has 3 aromatic carbocycles. The Balaban J connectivity index is 1.41. The molecule has 6 nitrogen and oxygen atoms in total. The molecule has 2 amide bonds. The molecule has 1 atom stereocenters. The molecule has 4 rings (SSSR count). The van der Waals surface area contributed by atoms with Crippen molar-refractivity contribution in [2.75, 3.05) is 6.54 Å². The smallest absolute Gasteiger partial charge is 0.408 e. The molecule has 3 N–H and O–H groups in total. The summed E-state index contributed by atoms with van der Waals surface area (Å²) >= 11 is 0. The van der Waals surface area contributed by atoms with Crippen LogP contribution in [0.25, 0.3) is 10.9 Å². The van der Waals surface area contributed by atoms with E-state index in [9.17, 15) is 14.0 Å². The van der Waals surface area contributed by atoms with Gasteiger partial charge in [-0.3, -0.25) is 4.79 Å². The first-order valence-corrected chi connectivity index (χ1v) is 11.1. The van der Waals surface area contributed by atoms with Crippen molar-refractivity contribution >= 4 is 22.9 Å². The van der Waals surface area contributed by atoms with Crippen molar-refractivity contribution in [1.29, 1.82) is 0 Å². The van der Waals surface area contributed by atoms with Crippen molar-refractivity contribution in [3.05, 3.63) is 108 Å². The van der Waals surface area contributed by atoms with Crippen molar-refractivity contribution in [1.82, 2.24) is 15.6 Å². The van der Waals surface area contributed by atoms with Crippen molar-refractivity contribution in [2.45, 2.75) is 25.5 Å². The Labute approximate surface area is 197 Å². The number of halogens is 1. The van der Waals surface area contributed by atoms with E-state index < -0.39 is 12.1 Å². The first-order chi connectivity index (χ1) is 16.6. The number of para-hydroxylation sites is 1. The molecule has 0 saturated heterocycles. The number of benzene rings is 3. The van der Waals surface area contributed by atoms with Crippen molar-refractivity contribution in [2.24, 2.45) is 0 Å². The summed E-state index contributed by atoms with van der Waals surface area (Å²) in [4.78, 5) is 28.7. The van der Waals surface area contributed by atoms with E-state index in [1.165, 1.54) is 12.1 Å². The Morgan fingerprint density at radius 2 is 1.71 bits per heavy atom. The molecule has 1 heterocycles. The van der Waals surface area contributed by atoms with Crippen LogP contribution >= 0.6 is 0 Å². The minimum atomic E-state index is -0.838. The second-order valence-electron chi connectivity index (χ2n) is 7.99. The van der Waals surface area contributed by atoms with E-state index in [0.717, 1.165) is 27.6 Å². The molecule has 0 radical (unpaired) electrons. The summed E-state index contributed by atoms with van der Waals surface area (Å²) in [7, 11) is 0. The van der Waals surface area contributed by atoms with E-state index in [0.29, 0.717) is 13.0 Å². The van der Waals surface area contributed by atoms with Crippen LogP contribution in [0.1, 0.15) is 16.7 Å². The van der Waals surface area contributed by atoms with Gasteiger partial charge in [0.05, 0.1) is 0 Å². The topological polar surface area (TPSA) is 83.2 Å². The summed E-state index contributed by atoms with van der Waals surface area (Å²) in [5, 5.41) is 6.53. The molecule has 7 heteroatoms. The minimum Gasteiger partial charge on any atom is -0.445 e. The third kappa shape index (κ3) is 6.22. The molecule has 0 spiro atoms. The summed E-state index contributed by atoms with van der Waals surface area (Å²) in [5.74, 6) is -0.651. The fourth-order valence-electron chi connectivity index (χ4n) is 3.78. The Bertz CT molecular complexity index is 1260. The van der Waals surface area contributed by atoms with Gasteiger partial charge in [-0.2, -0.15) is 0 Å². The van der Waals surface area contributed by atoms with Gasteiger partial charge in [-0.15, -0.1) is 0 Å². The molecule has 0 aliphatic rings. The number of carbonyl (C=O) groups is 2. The number of aromatic amines is 1. The van der Waals surface area contributed by atoms with Gasteiger partial charge in [0.15, 0.2) is 0 Å². The lowest BCUT2D eigenvalue weighted by molar-refractivity contribution is -0.123. The molecule has 0 saturated carbocycles. The molecular formula is C27H26FN3O3. The SMILES string of the molecule is O=C(N[C@@H](Cc1c[nH]c2ccccc12)C(=O)NCCc1cccc(F)c1)OCc1ccccc1. The van der Waals surface area contributed by atoms with E-state index in [-0.39, 0.29) is 24.8 Å². The third-order valence-electron chi connectivity index (χ3n) is 5.52. The lowest BCUT2D eigenvalue weighted by Crippen LogP contribution is -2.48. The Hall–Kier alpha value is -4.13. The summed E-state index contributed by atoms with van der Waals surface area (Å²) in [5.41, 5.74) is 3.49. The van der Waals surface area contributed by atoms with Crippen LogP contribution in [-0.2, 0) is 29.0 Å². The number of hydrogen-bond acceptors (Lipinski definition) is 3. The predicted molar refractivity (Wildman–Crippen MR) is 129 cm³/mol. The van der Waals surface area contributed by atoms with Crippen molar-refractivity contribution < 1.29 is 18.7 Å². The summed E-state index contributed by atoms with van der Waals surface area (Å²) < 4.78 is 18.7. The molecule has 0 aliphatic heterocycles. The Kier molecular flexibility index (Phi) is 7.55. The average molecular weight is 460 g/mol. The number of carbonyl (C=O) groups excluding carboxylic acids is 2. The summed E-state index contributed by atoms with van der Waals surface area (Å²) in [6.45, 7) is 0.418. The number of amides is 2. The molecule has 174 valence electrons. The number of H-pyrrole nitrogens is 1. The predicted octanol–water partition coefficient (Wildman–Crippen LogP) is 4.50. The van der Waals surface area contributed by atoms with Gasteiger partial charge in [0.1, 0.15) is 18.5 Å². The van der Waals surface area contributed by atoms with E-state index >= 15 is 0 Å². The number of ether oxygens (including phenoxy) is 1. The van der Waals surface area contributed by atoms with Gasteiger partial charge in [-0.05, 0) is 41.3 Å². The van der Waals surface area contributed by atoms with Crippen LogP contribution in [0.3, 0.4) is 0 Å². The van der Waals surface area contributed by atoms with Crippen LogP contribution in [0.2, 0.25) is 0 Å². The molecule has 0 fully saturated rings. The second kappa shape index (κ2) is 11.1. The van der Waals surface area contributed by atoms with Crippen LogP contribution in [-0.4, -0.2) is 29.6 Å². The number of fused-ring (bicyclic) bond motifs is 1. The van der Waals surface area contributed by atoms with Crippen LogP contribution in [0, 0.1) is 5.82 Å². The van der Waals surface area contributed by atoms with E-state index in [2.05, 4.69) is 15.6 Å². The number of hydrogen-bond donors (Lipinski definition) is 3. The summed E-state index contributed by atoms with van der Waals surface area (Å²) in [6, 6.07) is 22.5. The largest absolute Gasteiger partial charge is 0.445 e. The average Bonchev–Trinajstić information content (AvgIpc) is 3.26. The highest BCUT2D eigenvalue weighted by atomic mass is 19.1. The van der Waals surface area contributed by atoms with Gasteiger partial charge in [0.25, 0.3) is 0 Å². The number of nitrogens with one attached hydrogen (secondary N) is 3. The van der Waals surface area contributed by atoms with Gasteiger partial charge < -0.3 is 20.4 Å². The van der Waals surface area contributed by atoms with E-state index in [4.69, 9.17) is 4.74 Å². The van der Waals surface area contributed by atoms with Crippen LogP contribution in [0.15, 0.2) is 85.1 Å². The number of aromatic nitrogens is 1. The number of rotatable bonds is 9. The van der Waals surface area contributed by atoms with Crippen LogP contribution in [0.4, 0.5) is 9.18 Å². The first kappa shape index (κ1) is 23.0. The van der Waals surface area contributed by atoms with Gasteiger partial charge in [0.2, 0.25) is 5.91 Å². The number of alkyl carbamates (subject to hydrolysis) is 1. The fourth-order valence-corrected chi connectivity index (χ4v) is 3.78. The van der Waals surface area contributed by atoms with Crippen LogP contribution < -0.4 is 10.6 Å². The quantitative estimate of drug-likeness (QED) is 0.345. The maximum absolute atomic E-state index is 13.4. The Morgan fingerprint density at radius 1 is 0.941 bits per heavy atom. The fraction of sp³-hybridized carbons (Fsp3) is 0.185. The zero-order chi connectivity index (χ0) is 23.8. The van der Waals surface area contributed by atoms with Crippen LogP contribution in [0.5, 0.6) is 0 Å². The van der Waals surface area contributed by atoms with Gasteiger partial charge in [-0.25, -0.2) is 9.18 Å². The highest BCUT2D eigenvalue weighted by Gasteiger charge is 2.23. The van der Waals surface area contributed by atoms with E-state index in [1.54, 1.807) is 12.1 Å². The molecule has 0 aliphatic carbocycles. The van der Waals surface area contributed by atoms with Crippen molar-refractivity contribution in [3.63, 3.8) is 0 Å². The molecule has 0 bridgehead atoms. The molecule has 0 unspecified atom stereocenters. The monoisotopic (exact) mass is 459 g/mol. The highest BCUT2D eigenvalue weighted by molar-refractivity contribution is 5.88. The van der Waals surface area contributed by atoms with Gasteiger partial charge in [-0.1, -0.05) is 60.7 Å². The normalized spacial score (nSPS) is 11.7. The maximum atomic E-state index is 13.4. The molecule has 34 heavy (non-hydrogen) atoms.